The van der Waals surface area contributed by atoms with Crippen LogP contribution in [0.15, 0.2) is 41.4 Å². The molecule has 196 valence electrons. The number of imidazole rings is 1. The van der Waals surface area contributed by atoms with Gasteiger partial charge in [-0.2, -0.15) is 0 Å². The summed E-state index contributed by atoms with van der Waals surface area (Å²) in [7, 11) is 5.13. The number of halogens is 2. The highest BCUT2D eigenvalue weighted by atomic mass is 35.5. The Balaban J connectivity index is 1.83. The Morgan fingerprint density at radius 2 is 1.97 bits per heavy atom. The smallest absolute Gasteiger partial charge is 0.437 e. The number of guanidine groups is 1. The zero-order valence-electron chi connectivity index (χ0n) is 21.9. The highest BCUT2D eigenvalue weighted by Crippen LogP contribution is 2.36. The molecule has 4 rings (SSSR count). The molecule has 0 bridgehead atoms. The molecule has 1 aliphatic heterocycles. The maximum atomic E-state index is 16.4. The first-order valence-electron chi connectivity index (χ1n) is 11.7. The predicted molar refractivity (Wildman–Crippen MR) is 142 cm³/mol. The van der Waals surface area contributed by atoms with Gasteiger partial charge >= 0.3 is 6.09 Å². The number of rotatable bonds is 3. The molecule has 1 N–H and O–H groups in total. The summed E-state index contributed by atoms with van der Waals surface area (Å²) in [5.41, 5.74) is -0.192. The van der Waals surface area contributed by atoms with Gasteiger partial charge in [-0.3, -0.25) is 14.3 Å². The van der Waals surface area contributed by atoms with Crippen LogP contribution >= 0.6 is 11.6 Å². The van der Waals surface area contributed by atoms with Crippen molar-refractivity contribution in [3.05, 3.63) is 52.8 Å². The number of anilines is 1. The number of carbonyl (C=O) groups excluding carboxylic acids is 2. The molecule has 0 unspecified atom stereocenters. The third-order valence-electron chi connectivity index (χ3n) is 5.99. The Kier molecular flexibility index (Phi) is 6.66. The fourth-order valence-electron chi connectivity index (χ4n) is 4.24. The zero-order valence-corrected chi connectivity index (χ0v) is 22.6. The number of carbonyl (C=O) groups is 2. The van der Waals surface area contributed by atoms with E-state index in [9.17, 15) is 9.59 Å². The molecule has 0 saturated carbocycles. The normalized spacial score (nSPS) is 19.3. The minimum Gasteiger partial charge on any atom is -0.442 e. The van der Waals surface area contributed by atoms with Gasteiger partial charge < -0.3 is 15.0 Å². The van der Waals surface area contributed by atoms with Crippen LogP contribution < -0.4 is 10.2 Å². The average molecular weight is 529 g/mol. The third-order valence-corrected chi connectivity index (χ3v) is 6.22. The summed E-state index contributed by atoms with van der Waals surface area (Å²) >= 11 is 6.26. The molecular weight excluding hydrogens is 499 g/mol. The Morgan fingerprint density at radius 3 is 2.62 bits per heavy atom. The van der Waals surface area contributed by atoms with Crippen LogP contribution in [0.4, 0.5) is 15.1 Å². The van der Waals surface area contributed by atoms with Crippen molar-refractivity contribution in [2.75, 3.05) is 26.0 Å². The third kappa shape index (κ3) is 5.11. The molecule has 0 spiro atoms. The number of ether oxygens (including phenoxy) is 1. The van der Waals surface area contributed by atoms with E-state index in [1.54, 1.807) is 73.6 Å². The number of aliphatic imine (C=N–C) groups is 1. The lowest BCUT2D eigenvalue weighted by Gasteiger charge is -2.40. The van der Waals surface area contributed by atoms with Gasteiger partial charge in [0, 0.05) is 31.7 Å². The molecule has 11 heteroatoms. The molecule has 1 saturated heterocycles. The van der Waals surface area contributed by atoms with Crippen LogP contribution in [-0.4, -0.2) is 59.2 Å². The molecule has 3 aromatic rings. The molecule has 1 fully saturated rings. The Labute approximate surface area is 219 Å². The van der Waals surface area contributed by atoms with E-state index >= 15 is 4.39 Å². The van der Waals surface area contributed by atoms with Crippen LogP contribution in [0.2, 0.25) is 5.02 Å². The summed E-state index contributed by atoms with van der Waals surface area (Å²) in [6, 6.07) is 10.2. The van der Waals surface area contributed by atoms with Crippen molar-refractivity contribution in [3.63, 3.8) is 0 Å². The van der Waals surface area contributed by atoms with Crippen LogP contribution in [-0.2, 0) is 15.1 Å². The van der Waals surface area contributed by atoms with Crippen LogP contribution in [0.25, 0.3) is 16.7 Å². The number of hydrogen-bond donors (Lipinski definition) is 1. The Bertz CT molecular complexity index is 1430. The number of aromatic nitrogens is 2. The highest BCUT2D eigenvalue weighted by molar-refractivity contribution is 6.31. The van der Waals surface area contributed by atoms with Crippen molar-refractivity contribution in [1.29, 1.82) is 0 Å². The first-order chi connectivity index (χ1) is 17.2. The number of nitrogens with one attached hydrogen (secondary N) is 1. The fraction of sp³-hybridized carbons (Fsp3) is 0.385. The maximum Gasteiger partial charge on any atom is 0.437 e. The molecule has 9 nitrogen and oxygen atoms in total. The van der Waals surface area contributed by atoms with Crippen LogP contribution in [0.5, 0.6) is 0 Å². The lowest BCUT2D eigenvalue weighted by atomic mass is 9.86. The Morgan fingerprint density at radius 1 is 1.27 bits per heavy atom. The molecule has 37 heavy (non-hydrogen) atoms. The first-order valence-corrected chi connectivity index (χ1v) is 12.1. The SMILES string of the molecule is CN1C(=O)C[C@@](C)(c2cccc(-n3c(N(C)C)nc4ccc(Cl)cc43)c2F)N/C1=N/C(=O)OC(C)(C)C. The van der Waals surface area contributed by atoms with Crippen LogP contribution in [0.1, 0.15) is 39.7 Å². The van der Waals surface area contributed by atoms with Gasteiger partial charge in [-0.25, -0.2) is 14.2 Å². The minimum atomic E-state index is -1.20. The predicted octanol–water partition coefficient (Wildman–Crippen LogP) is 4.84. The average Bonchev–Trinajstić information content (AvgIpc) is 3.15. The molecule has 1 aliphatic rings. The molecule has 1 atom stereocenters. The van der Waals surface area contributed by atoms with Gasteiger partial charge in [-0.15, -0.1) is 4.99 Å². The van der Waals surface area contributed by atoms with Gasteiger partial charge in [0.1, 0.15) is 5.60 Å². The molecule has 2 amide bonds. The van der Waals surface area contributed by atoms with E-state index in [0.717, 1.165) is 0 Å². The van der Waals surface area contributed by atoms with Crippen LogP contribution in [0, 0.1) is 5.82 Å². The lowest BCUT2D eigenvalue weighted by Crippen LogP contribution is -2.59. The second-order valence-electron chi connectivity index (χ2n) is 10.4. The largest absolute Gasteiger partial charge is 0.442 e. The molecular formula is C26H30ClFN6O3. The van der Waals surface area contributed by atoms with E-state index in [1.165, 1.54) is 11.9 Å². The Hall–Kier alpha value is -3.66. The van der Waals surface area contributed by atoms with E-state index in [2.05, 4.69) is 15.3 Å². The minimum absolute atomic E-state index is 0.0216. The molecule has 2 heterocycles. The van der Waals surface area contributed by atoms with Crippen molar-refractivity contribution in [2.24, 2.45) is 4.99 Å². The molecule has 1 aromatic heterocycles. The van der Waals surface area contributed by atoms with Crippen LogP contribution in [0.3, 0.4) is 0 Å². The summed E-state index contributed by atoms with van der Waals surface area (Å²) in [6.07, 6.45) is -0.917. The van der Waals surface area contributed by atoms with Gasteiger partial charge in [-0.1, -0.05) is 23.7 Å². The lowest BCUT2D eigenvalue weighted by molar-refractivity contribution is -0.129. The quantitative estimate of drug-likeness (QED) is 0.523. The van der Waals surface area contributed by atoms with E-state index in [-0.39, 0.29) is 29.5 Å². The summed E-state index contributed by atoms with van der Waals surface area (Å²) < 4.78 is 23.3. The van der Waals surface area contributed by atoms with Gasteiger partial charge in [0.05, 0.1) is 28.7 Å². The van der Waals surface area contributed by atoms with Gasteiger partial charge in [0.25, 0.3) is 0 Å². The summed E-state index contributed by atoms with van der Waals surface area (Å²) in [4.78, 5) is 36.9. The van der Waals surface area contributed by atoms with E-state index in [1.807, 2.05) is 14.1 Å². The number of benzene rings is 2. The number of amides is 2. The zero-order chi connectivity index (χ0) is 27.3. The first kappa shape index (κ1) is 26.4. The number of hydrogen-bond acceptors (Lipinski definition) is 5. The topological polar surface area (TPSA) is 92.1 Å². The van der Waals surface area contributed by atoms with E-state index in [4.69, 9.17) is 16.3 Å². The molecule has 0 aliphatic carbocycles. The maximum absolute atomic E-state index is 16.4. The summed E-state index contributed by atoms with van der Waals surface area (Å²) in [5, 5.41) is 3.59. The fourth-order valence-corrected chi connectivity index (χ4v) is 4.41. The monoisotopic (exact) mass is 528 g/mol. The van der Waals surface area contributed by atoms with Crippen molar-refractivity contribution in [1.82, 2.24) is 19.8 Å². The number of nitrogens with zero attached hydrogens (tertiary/aromatic N) is 5. The van der Waals surface area contributed by atoms with Crippen molar-refractivity contribution in [2.45, 2.75) is 45.3 Å². The van der Waals surface area contributed by atoms with Crippen molar-refractivity contribution in [3.8, 4) is 5.69 Å². The molecule has 2 aromatic carbocycles. The second-order valence-corrected chi connectivity index (χ2v) is 10.9. The van der Waals surface area contributed by atoms with E-state index in [0.29, 0.717) is 22.0 Å². The van der Waals surface area contributed by atoms with Crippen molar-refractivity contribution >= 4 is 46.5 Å². The second kappa shape index (κ2) is 9.33. The summed E-state index contributed by atoms with van der Waals surface area (Å²) in [5.74, 6) is -0.388. The van der Waals surface area contributed by atoms with Gasteiger partial charge in [0.2, 0.25) is 17.8 Å². The van der Waals surface area contributed by atoms with Gasteiger partial charge in [0.15, 0.2) is 5.82 Å². The van der Waals surface area contributed by atoms with Gasteiger partial charge in [-0.05, 0) is 52.0 Å². The number of fused-ring (bicyclic) bond motifs is 1. The van der Waals surface area contributed by atoms with E-state index < -0.39 is 23.1 Å². The summed E-state index contributed by atoms with van der Waals surface area (Å²) in [6.45, 7) is 6.84. The molecule has 0 radical (unpaired) electrons. The highest BCUT2D eigenvalue weighted by Gasteiger charge is 2.41. The van der Waals surface area contributed by atoms with Crippen molar-refractivity contribution < 1.29 is 18.7 Å². The standard InChI is InChI=1S/C26H30ClFN6O3/c1-25(2,3)37-24(36)30-22-31-26(4,14-20(35)33(22)7)16-9-8-10-18(21(16)28)34-19-13-15(27)11-12-17(19)29-23(34)32(5)6/h8-13H,14H2,1-7H3,(H,30,31,36)/t26-/m0/s1.